The molecule has 230 valence electrons. The average Bonchev–Trinajstić information content (AvgIpc) is 3.00. The molecule has 2 N–H and O–H groups in total. The maximum Gasteiger partial charge on any atom is 0.330 e. The van der Waals surface area contributed by atoms with Crippen molar-refractivity contribution in [2.45, 2.75) is 71.0 Å². The van der Waals surface area contributed by atoms with Gasteiger partial charge in [-0.15, -0.1) is 0 Å². The molecule has 0 aliphatic heterocycles. The van der Waals surface area contributed by atoms with E-state index in [0.29, 0.717) is 43.2 Å². The zero-order valence-corrected chi connectivity index (χ0v) is 25.6. The van der Waals surface area contributed by atoms with E-state index in [1.807, 2.05) is 38.1 Å². The van der Waals surface area contributed by atoms with Crippen LogP contribution in [0.2, 0.25) is 0 Å². The highest BCUT2D eigenvalue weighted by atomic mass is 19.1. The molecular weight excluding hydrogens is 547 g/mol. The Morgan fingerprint density at radius 2 is 1.79 bits per heavy atom. The van der Waals surface area contributed by atoms with Gasteiger partial charge in [0, 0.05) is 30.8 Å². The minimum absolute atomic E-state index is 0.304. The minimum atomic E-state index is -0.671. The Balaban J connectivity index is 1.45. The predicted molar refractivity (Wildman–Crippen MR) is 168 cm³/mol. The zero-order chi connectivity index (χ0) is 30.7. The van der Waals surface area contributed by atoms with E-state index >= 15 is 0 Å². The van der Waals surface area contributed by atoms with E-state index in [9.17, 15) is 9.18 Å². The summed E-state index contributed by atoms with van der Waals surface area (Å²) in [6.45, 7) is 6.66. The fourth-order valence-corrected chi connectivity index (χ4v) is 5.14. The van der Waals surface area contributed by atoms with E-state index in [0.717, 1.165) is 54.8 Å². The lowest BCUT2D eigenvalue weighted by Crippen LogP contribution is -2.28. The third-order valence-corrected chi connectivity index (χ3v) is 7.59. The summed E-state index contributed by atoms with van der Waals surface area (Å²) in [5, 5.41) is 6.57. The minimum Gasteiger partial charge on any atom is -0.457 e. The fraction of sp³-hybridized carbons (Fsp3) is 0.441. The van der Waals surface area contributed by atoms with E-state index < -0.39 is 5.60 Å². The molecule has 2 aromatic heterocycles. The topological polar surface area (TPSA) is 94.6 Å². The molecule has 0 atom stereocenters. The van der Waals surface area contributed by atoms with Gasteiger partial charge in [-0.25, -0.2) is 19.2 Å². The van der Waals surface area contributed by atoms with Crippen molar-refractivity contribution in [3.05, 3.63) is 78.4 Å². The molecule has 0 bridgehead atoms. The molecule has 0 amide bonds. The highest BCUT2D eigenvalue weighted by molar-refractivity contribution is 5.82. The number of aryl methyl sites for hydroxylation is 1. The quantitative estimate of drug-likeness (QED) is 0.0866. The average molecular weight is 591 g/mol. The number of aromatic nitrogens is 2. The maximum absolute atomic E-state index is 13.5. The number of rotatable bonds is 14. The van der Waals surface area contributed by atoms with Gasteiger partial charge in [-0.3, -0.25) is 0 Å². The first kappa shape index (κ1) is 32.1. The number of pyridine rings is 2. The van der Waals surface area contributed by atoms with Gasteiger partial charge in [0.15, 0.2) is 0 Å². The van der Waals surface area contributed by atoms with Crippen LogP contribution in [0.5, 0.6) is 0 Å². The van der Waals surface area contributed by atoms with E-state index in [1.165, 1.54) is 18.2 Å². The zero-order valence-electron chi connectivity index (χ0n) is 25.6. The molecule has 1 aliphatic rings. The van der Waals surface area contributed by atoms with Crippen molar-refractivity contribution in [1.29, 1.82) is 0 Å². The standard InChI is InChI=1S/C34H43FN4O4/c1-5-6-33(40)43-34(2,3)17-15-29-19-26(21-32(39-29)38-28-11-9-27(35)10-12-28)25-16-18-36-31(20-25)37-23-42-22-24-7-13-30(41-4)14-8-24/h5-6,9-12,16,18-21,24,30H,7-8,13-15,17,22-23H2,1-4H3,(H,36,37)(H,38,39)/b6-5+. The van der Waals surface area contributed by atoms with Crippen LogP contribution in [0.15, 0.2) is 66.9 Å². The number of carbonyl (C=O) groups is 1. The highest BCUT2D eigenvalue weighted by Crippen LogP contribution is 2.29. The predicted octanol–water partition coefficient (Wildman–Crippen LogP) is 7.45. The summed E-state index contributed by atoms with van der Waals surface area (Å²) in [6.07, 6.45) is 10.8. The van der Waals surface area contributed by atoms with Crippen LogP contribution in [0.1, 0.15) is 58.6 Å². The Labute approximate surface area is 254 Å². The van der Waals surface area contributed by atoms with Crippen LogP contribution in [0.3, 0.4) is 0 Å². The summed E-state index contributed by atoms with van der Waals surface area (Å²) in [7, 11) is 1.79. The summed E-state index contributed by atoms with van der Waals surface area (Å²) in [4.78, 5) is 21.3. The third kappa shape index (κ3) is 10.4. The van der Waals surface area contributed by atoms with Gasteiger partial charge in [-0.1, -0.05) is 6.08 Å². The molecule has 3 aromatic rings. The van der Waals surface area contributed by atoms with Crippen molar-refractivity contribution in [2.24, 2.45) is 5.92 Å². The van der Waals surface area contributed by atoms with Crippen molar-refractivity contribution >= 4 is 23.3 Å². The van der Waals surface area contributed by atoms with E-state index in [1.54, 1.807) is 38.4 Å². The van der Waals surface area contributed by atoms with Crippen LogP contribution in [-0.4, -0.2) is 48.1 Å². The molecule has 0 saturated heterocycles. The second-order valence-electron chi connectivity index (χ2n) is 11.5. The molecule has 8 nitrogen and oxygen atoms in total. The van der Waals surface area contributed by atoms with Gasteiger partial charge in [0.2, 0.25) is 0 Å². The molecule has 0 radical (unpaired) electrons. The van der Waals surface area contributed by atoms with E-state index in [2.05, 4.69) is 15.6 Å². The Hall–Kier alpha value is -3.82. The number of nitrogens with zero attached hydrogens (tertiary/aromatic N) is 2. The van der Waals surface area contributed by atoms with Gasteiger partial charge in [0.1, 0.15) is 29.8 Å². The summed E-state index contributed by atoms with van der Waals surface area (Å²) in [6, 6.07) is 14.1. The number of halogens is 1. The smallest absolute Gasteiger partial charge is 0.330 e. The van der Waals surface area contributed by atoms with Crippen molar-refractivity contribution in [1.82, 2.24) is 9.97 Å². The molecular formula is C34H43FN4O4. The van der Waals surface area contributed by atoms with Crippen LogP contribution < -0.4 is 10.6 Å². The van der Waals surface area contributed by atoms with Crippen molar-refractivity contribution in [2.75, 3.05) is 31.1 Å². The molecule has 1 saturated carbocycles. The number of ether oxygens (including phenoxy) is 3. The number of hydrogen-bond acceptors (Lipinski definition) is 8. The van der Waals surface area contributed by atoms with Crippen LogP contribution in [0.4, 0.5) is 21.7 Å². The maximum atomic E-state index is 13.5. The van der Waals surface area contributed by atoms with Gasteiger partial charge >= 0.3 is 5.97 Å². The summed E-state index contributed by atoms with van der Waals surface area (Å²) in [5.74, 6) is 1.23. The molecule has 2 heterocycles. The molecule has 1 aliphatic carbocycles. The number of hydrogen-bond donors (Lipinski definition) is 2. The third-order valence-electron chi connectivity index (χ3n) is 7.59. The van der Waals surface area contributed by atoms with Gasteiger partial charge < -0.3 is 24.8 Å². The molecule has 1 fully saturated rings. The first-order chi connectivity index (χ1) is 20.7. The first-order valence-electron chi connectivity index (χ1n) is 14.9. The van der Waals surface area contributed by atoms with Crippen LogP contribution in [-0.2, 0) is 25.4 Å². The van der Waals surface area contributed by atoms with Crippen LogP contribution in [0, 0.1) is 11.7 Å². The molecule has 1 aromatic carbocycles. The van der Waals surface area contributed by atoms with Crippen molar-refractivity contribution < 1.29 is 23.4 Å². The van der Waals surface area contributed by atoms with E-state index in [4.69, 9.17) is 19.2 Å². The molecule has 43 heavy (non-hydrogen) atoms. The Morgan fingerprint density at radius 1 is 1.05 bits per heavy atom. The number of esters is 1. The lowest BCUT2D eigenvalue weighted by Gasteiger charge is -2.27. The van der Waals surface area contributed by atoms with Crippen molar-refractivity contribution in [3.63, 3.8) is 0 Å². The Morgan fingerprint density at radius 3 is 2.51 bits per heavy atom. The van der Waals surface area contributed by atoms with Gasteiger partial charge in [-0.2, -0.15) is 0 Å². The molecule has 0 unspecified atom stereocenters. The fourth-order valence-electron chi connectivity index (χ4n) is 5.14. The molecule has 4 rings (SSSR count). The number of anilines is 3. The van der Waals surface area contributed by atoms with Gasteiger partial charge in [0.05, 0.1) is 12.7 Å². The SMILES string of the molecule is C/C=C/C(=O)OC(C)(C)CCc1cc(-c2ccnc(NCOCC3CCC(OC)CC3)c2)cc(Nc2ccc(F)cc2)n1. The highest BCUT2D eigenvalue weighted by Gasteiger charge is 2.23. The van der Waals surface area contributed by atoms with Gasteiger partial charge in [-0.05, 0) is 125 Å². The summed E-state index contributed by atoms with van der Waals surface area (Å²) in [5.41, 5.74) is 2.78. The number of allylic oxidation sites excluding steroid dienone is 1. The number of methoxy groups -OCH3 is 1. The first-order valence-corrected chi connectivity index (χ1v) is 14.9. The monoisotopic (exact) mass is 590 g/mol. The largest absolute Gasteiger partial charge is 0.457 e. The van der Waals surface area contributed by atoms with Crippen molar-refractivity contribution in [3.8, 4) is 11.1 Å². The van der Waals surface area contributed by atoms with E-state index in [-0.39, 0.29) is 11.8 Å². The lowest BCUT2D eigenvalue weighted by molar-refractivity contribution is -0.150. The molecule has 9 heteroatoms. The molecule has 0 spiro atoms. The lowest BCUT2D eigenvalue weighted by atomic mass is 9.88. The van der Waals surface area contributed by atoms with Crippen LogP contribution >= 0.6 is 0 Å². The van der Waals surface area contributed by atoms with Gasteiger partial charge in [0.25, 0.3) is 0 Å². The Kier molecular flexibility index (Phi) is 11.6. The van der Waals surface area contributed by atoms with Crippen LogP contribution in [0.25, 0.3) is 11.1 Å². The summed E-state index contributed by atoms with van der Waals surface area (Å²) >= 11 is 0. The second-order valence-corrected chi connectivity index (χ2v) is 11.5. The second kappa shape index (κ2) is 15.6. The summed E-state index contributed by atoms with van der Waals surface area (Å²) < 4.78 is 30.5. The number of carbonyl (C=O) groups excluding carboxylic acids is 1. The Bertz CT molecular complexity index is 1350. The number of benzene rings is 1. The normalized spacial score (nSPS) is 17.1. The number of nitrogens with one attached hydrogen (secondary N) is 2.